The maximum absolute atomic E-state index is 12.7. The van der Waals surface area contributed by atoms with Crippen molar-refractivity contribution < 1.29 is 22.4 Å². The van der Waals surface area contributed by atoms with Gasteiger partial charge < -0.3 is 9.15 Å². The molecule has 0 aliphatic rings. The average molecular weight is 438 g/mol. The lowest BCUT2D eigenvalue weighted by atomic mass is 10.1. The van der Waals surface area contributed by atoms with Gasteiger partial charge in [-0.05, 0) is 66.2 Å². The van der Waals surface area contributed by atoms with Gasteiger partial charge in [0.2, 0.25) is 0 Å². The fourth-order valence-corrected chi connectivity index (χ4v) is 4.34. The number of ether oxygens (including phenoxy) is 1. The van der Waals surface area contributed by atoms with Gasteiger partial charge in [-0.2, -0.15) is 0 Å². The number of halogens is 1. The molecule has 0 amide bonds. The third-order valence-corrected chi connectivity index (χ3v) is 5.96. The van der Waals surface area contributed by atoms with E-state index in [2.05, 4.69) is 20.7 Å². The highest BCUT2D eigenvalue weighted by Crippen LogP contribution is 2.35. The monoisotopic (exact) mass is 437 g/mol. The molecule has 0 saturated carbocycles. The fraction of sp³-hybridized carbons (Fsp3) is 0.167. The highest BCUT2D eigenvalue weighted by atomic mass is 79.9. The first-order chi connectivity index (χ1) is 12.2. The first-order valence-corrected chi connectivity index (χ1v) is 9.91. The number of ketones is 1. The molecule has 0 atom stereocenters. The first-order valence-electron chi connectivity index (χ1n) is 7.63. The number of carbonyl (C=O) groups is 1. The average Bonchev–Trinajstić information content (AvgIpc) is 2.89. The molecule has 26 heavy (non-hydrogen) atoms. The third-order valence-electron chi connectivity index (χ3n) is 3.92. The number of hydrogen-bond acceptors (Lipinski definition) is 5. The van der Waals surface area contributed by atoms with Gasteiger partial charge in [0.1, 0.15) is 17.1 Å². The van der Waals surface area contributed by atoms with Crippen LogP contribution in [0.5, 0.6) is 5.75 Å². The van der Waals surface area contributed by atoms with E-state index in [9.17, 15) is 13.2 Å². The molecule has 0 saturated heterocycles. The van der Waals surface area contributed by atoms with Crippen molar-refractivity contribution in [2.75, 3.05) is 11.8 Å². The predicted molar refractivity (Wildman–Crippen MR) is 102 cm³/mol. The van der Waals surface area contributed by atoms with E-state index in [4.69, 9.17) is 9.15 Å². The number of Topliss-reactive ketones (excluding diaryl/α,β-unsaturated/α-hetero) is 1. The number of nitrogens with one attached hydrogen (secondary N) is 1. The van der Waals surface area contributed by atoms with Crippen molar-refractivity contribution >= 4 is 48.4 Å². The van der Waals surface area contributed by atoms with Gasteiger partial charge in [-0.15, -0.1) is 0 Å². The number of anilines is 1. The second-order valence-corrected chi connectivity index (χ2v) is 8.24. The molecule has 6 nitrogen and oxygen atoms in total. The van der Waals surface area contributed by atoms with Crippen LogP contribution in [-0.4, -0.2) is 21.3 Å². The van der Waals surface area contributed by atoms with Gasteiger partial charge >= 0.3 is 0 Å². The number of fused-ring (bicyclic) bond motifs is 1. The molecular weight excluding hydrogens is 422 g/mol. The molecule has 2 aromatic carbocycles. The summed E-state index contributed by atoms with van der Waals surface area (Å²) in [6, 6.07) is 9.28. The van der Waals surface area contributed by atoms with Crippen LogP contribution in [0.1, 0.15) is 23.0 Å². The lowest BCUT2D eigenvalue weighted by Gasteiger charge is -2.10. The van der Waals surface area contributed by atoms with Crippen LogP contribution in [0, 0.1) is 6.92 Å². The minimum absolute atomic E-state index is 0.0977. The largest absolute Gasteiger partial charge is 0.497 e. The number of methoxy groups -OCH3 is 1. The van der Waals surface area contributed by atoms with Crippen molar-refractivity contribution in [3.8, 4) is 5.75 Å². The van der Waals surface area contributed by atoms with Crippen LogP contribution in [0.25, 0.3) is 11.0 Å². The van der Waals surface area contributed by atoms with Crippen molar-refractivity contribution in [3.05, 3.63) is 52.2 Å². The van der Waals surface area contributed by atoms with Gasteiger partial charge in [0.25, 0.3) is 10.0 Å². The molecular formula is C18H16BrNO5S. The van der Waals surface area contributed by atoms with Crippen LogP contribution >= 0.6 is 15.9 Å². The molecule has 3 rings (SSSR count). The maximum Gasteiger partial charge on any atom is 0.261 e. The molecule has 0 spiro atoms. The van der Waals surface area contributed by atoms with Crippen molar-refractivity contribution in [3.63, 3.8) is 0 Å². The van der Waals surface area contributed by atoms with E-state index in [1.165, 1.54) is 26.2 Å². The highest BCUT2D eigenvalue weighted by Gasteiger charge is 2.20. The van der Waals surface area contributed by atoms with E-state index in [0.29, 0.717) is 38.2 Å². The summed E-state index contributed by atoms with van der Waals surface area (Å²) in [7, 11) is -2.30. The van der Waals surface area contributed by atoms with E-state index in [0.717, 1.165) is 0 Å². The Morgan fingerprint density at radius 1 is 1.19 bits per heavy atom. The van der Waals surface area contributed by atoms with Gasteiger partial charge in [-0.3, -0.25) is 9.52 Å². The number of carbonyl (C=O) groups excluding carboxylic acids is 1. The van der Waals surface area contributed by atoms with Crippen LogP contribution in [-0.2, 0) is 10.0 Å². The van der Waals surface area contributed by atoms with Crippen molar-refractivity contribution in [2.45, 2.75) is 18.7 Å². The molecule has 136 valence electrons. The van der Waals surface area contributed by atoms with Crippen molar-refractivity contribution in [1.29, 1.82) is 0 Å². The molecule has 0 radical (unpaired) electrons. The normalized spacial score (nSPS) is 11.5. The minimum atomic E-state index is -3.81. The highest BCUT2D eigenvalue weighted by molar-refractivity contribution is 9.10. The molecule has 0 aliphatic carbocycles. The number of benzene rings is 2. The Labute approximate surface area is 159 Å². The third kappa shape index (κ3) is 3.34. The van der Waals surface area contributed by atoms with E-state index in [1.54, 1.807) is 31.2 Å². The maximum atomic E-state index is 12.7. The molecule has 1 aromatic heterocycles. The zero-order valence-corrected chi connectivity index (χ0v) is 16.7. The lowest BCUT2D eigenvalue weighted by molar-refractivity contribution is 0.101. The van der Waals surface area contributed by atoms with Crippen molar-refractivity contribution in [1.82, 2.24) is 0 Å². The Morgan fingerprint density at radius 2 is 1.85 bits per heavy atom. The molecule has 8 heteroatoms. The van der Waals surface area contributed by atoms with Crippen molar-refractivity contribution in [2.24, 2.45) is 0 Å². The zero-order chi connectivity index (χ0) is 19.1. The zero-order valence-electron chi connectivity index (χ0n) is 14.3. The summed E-state index contributed by atoms with van der Waals surface area (Å²) in [5, 5.41) is 0.561. The standard InChI is InChI=1S/C18H16BrNO5S/c1-10(21)18-11(2)25-17-9-15(19)16(8-14(17)18)20-26(22,23)13-6-4-12(24-3)5-7-13/h4-9,20H,1-3H3. The quantitative estimate of drug-likeness (QED) is 0.593. The number of hydrogen-bond donors (Lipinski definition) is 1. The summed E-state index contributed by atoms with van der Waals surface area (Å²) in [6.45, 7) is 3.15. The van der Waals surface area contributed by atoms with Gasteiger partial charge in [0.05, 0.1) is 23.3 Å². The molecule has 0 unspecified atom stereocenters. The van der Waals surface area contributed by atoms with Crippen LogP contribution in [0.4, 0.5) is 5.69 Å². The Hall–Kier alpha value is -2.32. The summed E-state index contributed by atoms with van der Waals surface area (Å²) in [4.78, 5) is 12.0. The van der Waals surface area contributed by atoms with E-state index < -0.39 is 10.0 Å². The van der Waals surface area contributed by atoms with E-state index in [1.807, 2.05) is 0 Å². The summed E-state index contributed by atoms with van der Waals surface area (Å²) >= 11 is 3.34. The molecule has 0 bridgehead atoms. The molecule has 0 fully saturated rings. The van der Waals surface area contributed by atoms with Crippen LogP contribution < -0.4 is 9.46 Å². The number of rotatable bonds is 5. The smallest absolute Gasteiger partial charge is 0.261 e. The summed E-state index contributed by atoms with van der Waals surface area (Å²) in [5.74, 6) is 0.911. The van der Waals surface area contributed by atoms with E-state index >= 15 is 0 Å². The predicted octanol–water partition coefficient (Wildman–Crippen LogP) is 4.52. The first kappa shape index (κ1) is 18.5. The summed E-state index contributed by atoms with van der Waals surface area (Å²) in [6.07, 6.45) is 0. The topological polar surface area (TPSA) is 85.6 Å². The summed E-state index contributed by atoms with van der Waals surface area (Å²) in [5.41, 5.74) is 1.26. The second-order valence-electron chi connectivity index (χ2n) is 5.70. The second kappa shape index (κ2) is 6.77. The van der Waals surface area contributed by atoms with Gasteiger partial charge in [0, 0.05) is 9.86 Å². The Morgan fingerprint density at radius 3 is 2.42 bits per heavy atom. The Kier molecular flexibility index (Phi) is 4.81. The number of sulfonamides is 1. The molecule has 1 heterocycles. The SMILES string of the molecule is COc1ccc(S(=O)(=O)Nc2cc3c(C(C)=O)c(C)oc3cc2Br)cc1. The molecule has 3 aromatic rings. The van der Waals surface area contributed by atoms with Crippen LogP contribution in [0.3, 0.4) is 0 Å². The van der Waals surface area contributed by atoms with Crippen LogP contribution in [0.2, 0.25) is 0 Å². The Balaban J connectivity index is 2.05. The van der Waals surface area contributed by atoms with Gasteiger partial charge in [-0.1, -0.05) is 0 Å². The molecule has 1 N–H and O–H groups in total. The van der Waals surface area contributed by atoms with Crippen LogP contribution in [0.15, 0.2) is 50.2 Å². The van der Waals surface area contributed by atoms with E-state index in [-0.39, 0.29) is 10.7 Å². The Bertz CT molecular complexity index is 1100. The van der Waals surface area contributed by atoms with Gasteiger partial charge in [0.15, 0.2) is 5.78 Å². The number of aryl methyl sites for hydroxylation is 1. The minimum Gasteiger partial charge on any atom is -0.497 e. The fourth-order valence-electron chi connectivity index (χ4n) is 2.71. The number of furan rings is 1. The summed E-state index contributed by atoms with van der Waals surface area (Å²) < 4.78 is 39.0. The van der Waals surface area contributed by atoms with Gasteiger partial charge in [-0.25, -0.2) is 8.42 Å². The molecule has 0 aliphatic heterocycles. The lowest BCUT2D eigenvalue weighted by Crippen LogP contribution is -2.13.